The Morgan fingerprint density at radius 3 is 2.68 bits per heavy atom. The van der Waals surface area contributed by atoms with Gasteiger partial charge in [-0.25, -0.2) is 4.98 Å². The van der Waals surface area contributed by atoms with Crippen LogP contribution in [0.25, 0.3) is 0 Å². The maximum Gasteiger partial charge on any atom is 0.255 e. The minimum Gasteiger partial charge on any atom is -0.496 e. The smallest absolute Gasteiger partial charge is 0.255 e. The second-order valence-electron chi connectivity index (χ2n) is 5.57. The van der Waals surface area contributed by atoms with Crippen LogP contribution in [0.1, 0.15) is 21.5 Å². The van der Waals surface area contributed by atoms with Crippen LogP contribution in [0, 0.1) is 0 Å². The molecule has 2 N–H and O–H groups in total. The van der Waals surface area contributed by atoms with E-state index in [1.165, 1.54) is 7.11 Å². The fourth-order valence-corrected chi connectivity index (χ4v) is 2.54. The zero-order valence-electron chi connectivity index (χ0n) is 13.8. The molecule has 0 aliphatic carbocycles. The first-order valence-electron chi connectivity index (χ1n) is 7.83. The molecule has 25 heavy (non-hydrogen) atoms. The van der Waals surface area contributed by atoms with Gasteiger partial charge in [-0.2, -0.15) is 0 Å². The largest absolute Gasteiger partial charge is 0.496 e. The van der Waals surface area contributed by atoms with Crippen molar-refractivity contribution in [3.8, 4) is 5.75 Å². The van der Waals surface area contributed by atoms with Gasteiger partial charge in [0.2, 0.25) is 0 Å². The first kappa shape index (κ1) is 16.7. The number of carbonyl (C=O) groups is 1. The monoisotopic (exact) mass is 337 g/mol. The summed E-state index contributed by atoms with van der Waals surface area (Å²) in [5, 5.41) is 12.2. The molecule has 128 valence electrons. The SMILES string of the molecule is COc1ccc(NC(=O)c2ccc(Cn3ccnc3)cc2)cc1CO. The van der Waals surface area contributed by atoms with Crippen molar-refractivity contribution in [2.75, 3.05) is 12.4 Å². The van der Waals surface area contributed by atoms with Crippen LogP contribution in [0.2, 0.25) is 0 Å². The van der Waals surface area contributed by atoms with Crippen LogP contribution < -0.4 is 10.1 Å². The van der Waals surface area contributed by atoms with E-state index in [4.69, 9.17) is 4.74 Å². The summed E-state index contributed by atoms with van der Waals surface area (Å²) in [6, 6.07) is 12.6. The first-order valence-corrected chi connectivity index (χ1v) is 7.83. The third kappa shape index (κ3) is 4.05. The molecule has 0 unspecified atom stereocenters. The van der Waals surface area contributed by atoms with Crippen molar-refractivity contribution in [2.45, 2.75) is 13.2 Å². The lowest BCUT2D eigenvalue weighted by Gasteiger charge is -2.10. The molecule has 0 saturated carbocycles. The number of rotatable bonds is 6. The summed E-state index contributed by atoms with van der Waals surface area (Å²) in [6.45, 7) is 0.552. The third-order valence-corrected chi connectivity index (χ3v) is 3.85. The van der Waals surface area contributed by atoms with Gasteiger partial charge in [0.05, 0.1) is 20.0 Å². The molecule has 0 fully saturated rings. The van der Waals surface area contributed by atoms with Crippen LogP contribution in [0.4, 0.5) is 5.69 Å². The zero-order chi connectivity index (χ0) is 17.6. The number of aromatic nitrogens is 2. The number of carbonyl (C=O) groups excluding carboxylic acids is 1. The molecule has 0 aliphatic heterocycles. The maximum atomic E-state index is 12.4. The highest BCUT2D eigenvalue weighted by Crippen LogP contribution is 2.23. The molecule has 0 saturated heterocycles. The van der Waals surface area contributed by atoms with E-state index < -0.39 is 0 Å². The van der Waals surface area contributed by atoms with Crippen molar-refractivity contribution in [2.24, 2.45) is 0 Å². The van der Waals surface area contributed by atoms with E-state index in [0.717, 1.165) is 5.56 Å². The quantitative estimate of drug-likeness (QED) is 0.725. The number of hydrogen-bond donors (Lipinski definition) is 2. The number of methoxy groups -OCH3 is 1. The Bertz CT molecular complexity index is 843. The number of ether oxygens (including phenoxy) is 1. The lowest BCUT2D eigenvalue weighted by atomic mass is 10.1. The summed E-state index contributed by atoms with van der Waals surface area (Å²) in [5.74, 6) is 0.382. The number of nitrogens with one attached hydrogen (secondary N) is 1. The molecule has 0 spiro atoms. The Labute approximate surface area is 145 Å². The van der Waals surface area contributed by atoms with Gasteiger partial charge in [-0.05, 0) is 35.9 Å². The number of hydrogen-bond acceptors (Lipinski definition) is 4. The minimum atomic E-state index is -0.205. The fourth-order valence-electron chi connectivity index (χ4n) is 2.54. The Kier molecular flexibility index (Phi) is 5.11. The third-order valence-electron chi connectivity index (χ3n) is 3.85. The average molecular weight is 337 g/mol. The number of anilines is 1. The average Bonchev–Trinajstić information content (AvgIpc) is 3.15. The van der Waals surface area contributed by atoms with Gasteiger partial charge < -0.3 is 19.7 Å². The van der Waals surface area contributed by atoms with Gasteiger partial charge in [0.1, 0.15) is 5.75 Å². The van der Waals surface area contributed by atoms with Gasteiger partial charge in [0.25, 0.3) is 5.91 Å². The van der Waals surface area contributed by atoms with Gasteiger partial charge >= 0.3 is 0 Å². The summed E-state index contributed by atoms with van der Waals surface area (Å²) in [5.41, 5.74) is 2.88. The summed E-state index contributed by atoms with van der Waals surface area (Å²) < 4.78 is 7.12. The van der Waals surface area contributed by atoms with Crippen LogP contribution in [0.3, 0.4) is 0 Å². The van der Waals surface area contributed by atoms with Crippen LogP contribution in [-0.4, -0.2) is 27.7 Å². The standard InChI is InChI=1S/C19H19N3O3/c1-25-18-7-6-17(10-16(18)12-23)21-19(24)15-4-2-14(3-5-15)11-22-9-8-20-13-22/h2-10,13,23H,11-12H2,1H3,(H,21,24). The number of aliphatic hydroxyl groups is 1. The lowest BCUT2D eigenvalue weighted by molar-refractivity contribution is 0.102. The molecule has 3 aromatic rings. The Morgan fingerprint density at radius 2 is 2.04 bits per heavy atom. The summed E-state index contributed by atoms with van der Waals surface area (Å²) in [7, 11) is 1.54. The van der Waals surface area contributed by atoms with Crippen molar-refractivity contribution < 1.29 is 14.6 Å². The van der Waals surface area contributed by atoms with E-state index in [9.17, 15) is 9.90 Å². The second-order valence-corrected chi connectivity index (χ2v) is 5.57. The van der Waals surface area contributed by atoms with Crippen molar-refractivity contribution in [1.29, 1.82) is 0 Å². The molecule has 0 atom stereocenters. The van der Waals surface area contributed by atoms with Gasteiger partial charge in [-0.1, -0.05) is 12.1 Å². The highest BCUT2D eigenvalue weighted by Gasteiger charge is 2.09. The Balaban J connectivity index is 1.68. The van der Waals surface area contributed by atoms with E-state index in [0.29, 0.717) is 29.1 Å². The molecule has 1 aromatic heterocycles. The van der Waals surface area contributed by atoms with E-state index in [1.54, 1.807) is 42.9 Å². The predicted octanol–water partition coefficient (Wildman–Crippen LogP) is 2.68. The van der Waals surface area contributed by atoms with Gasteiger partial charge in [-0.3, -0.25) is 4.79 Å². The molecule has 6 heteroatoms. The molecule has 3 rings (SSSR count). The van der Waals surface area contributed by atoms with Crippen molar-refractivity contribution in [1.82, 2.24) is 9.55 Å². The fraction of sp³-hybridized carbons (Fsp3) is 0.158. The molecule has 0 radical (unpaired) electrons. The number of benzene rings is 2. The van der Waals surface area contributed by atoms with Gasteiger partial charge in [0, 0.05) is 35.8 Å². The van der Waals surface area contributed by atoms with E-state index in [-0.39, 0.29) is 12.5 Å². The van der Waals surface area contributed by atoms with Gasteiger partial charge in [-0.15, -0.1) is 0 Å². The lowest BCUT2D eigenvalue weighted by Crippen LogP contribution is -2.12. The van der Waals surface area contributed by atoms with E-state index >= 15 is 0 Å². The summed E-state index contributed by atoms with van der Waals surface area (Å²) in [4.78, 5) is 16.4. The number of aliphatic hydroxyl groups excluding tert-OH is 1. The molecule has 0 aliphatic rings. The predicted molar refractivity (Wildman–Crippen MR) is 94.6 cm³/mol. The summed E-state index contributed by atoms with van der Waals surface area (Å²) >= 11 is 0. The first-order chi connectivity index (χ1) is 12.2. The Hall–Kier alpha value is -3.12. The van der Waals surface area contributed by atoms with E-state index in [1.807, 2.05) is 22.9 Å². The normalized spacial score (nSPS) is 10.5. The maximum absolute atomic E-state index is 12.4. The second kappa shape index (κ2) is 7.63. The number of amides is 1. The van der Waals surface area contributed by atoms with Crippen molar-refractivity contribution in [3.63, 3.8) is 0 Å². The molecule has 0 bridgehead atoms. The minimum absolute atomic E-state index is 0.157. The van der Waals surface area contributed by atoms with Gasteiger partial charge in [0.15, 0.2) is 0 Å². The van der Waals surface area contributed by atoms with Crippen LogP contribution >= 0.6 is 0 Å². The highest BCUT2D eigenvalue weighted by molar-refractivity contribution is 6.04. The molecule has 2 aromatic carbocycles. The van der Waals surface area contributed by atoms with Crippen LogP contribution in [-0.2, 0) is 13.2 Å². The van der Waals surface area contributed by atoms with E-state index in [2.05, 4.69) is 10.3 Å². The topological polar surface area (TPSA) is 76.4 Å². The number of imidazole rings is 1. The molecule has 1 amide bonds. The molecule has 1 heterocycles. The zero-order valence-corrected chi connectivity index (χ0v) is 13.8. The van der Waals surface area contributed by atoms with Crippen LogP contribution in [0.15, 0.2) is 61.2 Å². The van der Waals surface area contributed by atoms with Crippen molar-refractivity contribution in [3.05, 3.63) is 77.9 Å². The Morgan fingerprint density at radius 1 is 1.24 bits per heavy atom. The molecular weight excluding hydrogens is 318 g/mol. The van der Waals surface area contributed by atoms with Crippen LogP contribution in [0.5, 0.6) is 5.75 Å². The molecule has 6 nitrogen and oxygen atoms in total. The number of nitrogens with zero attached hydrogens (tertiary/aromatic N) is 2. The summed E-state index contributed by atoms with van der Waals surface area (Å²) in [6.07, 6.45) is 5.38. The van der Waals surface area contributed by atoms with Crippen molar-refractivity contribution >= 4 is 11.6 Å². The molecular formula is C19H19N3O3. The highest BCUT2D eigenvalue weighted by atomic mass is 16.5.